The van der Waals surface area contributed by atoms with E-state index >= 15 is 0 Å². The maximum atomic E-state index is 12.7. The number of nitrogens with one attached hydrogen (secondary N) is 2. The van der Waals surface area contributed by atoms with Gasteiger partial charge in [0, 0.05) is 10.6 Å². The molecule has 0 aliphatic heterocycles. The second kappa shape index (κ2) is 12.0. The molecule has 0 atom stereocenters. The summed E-state index contributed by atoms with van der Waals surface area (Å²) < 4.78 is 10.6. The lowest BCUT2D eigenvalue weighted by Gasteiger charge is -2.12. The molecule has 0 unspecified atom stereocenters. The van der Waals surface area contributed by atoms with Crippen molar-refractivity contribution in [2.24, 2.45) is 0 Å². The molecular weight excluding hydrogens is 444 g/mol. The fourth-order valence-corrected chi connectivity index (χ4v) is 5.16. The van der Waals surface area contributed by atoms with Crippen LogP contribution in [0.3, 0.4) is 0 Å². The van der Waals surface area contributed by atoms with E-state index < -0.39 is 0 Å². The van der Waals surface area contributed by atoms with E-state index in [0.717, 1.165) is 54.8 Å². The van der Waals surface area contributed by atoms with Crippen LogP contribution in [0.25, 0.3) is 0 Å². The molecule has 0 saturated carbocycles. The second-order valence-electron chi connectivity index (χ2n) is 7.63. The number of aryl methyl sites for hydroxylation is 1. The largest absolute Gasteiger partial charge is 0.462 e. The third-order valence-corrected chi connectivity index (χ3v) is 6.65. The number of thiocarbonyl (C=S) groups is 1. The van der Waals surface area contributed by atoms with Gasteiger partial charge in [0.2, 0.25) is 0 Å². The first-order chi connectivity index (χ1) is 15.5. The highest BCUT2D eigenvalue weighted by molar-refractivity contribution is 7.80. The molecule has 1 aromatic heterocycles. The third-order valence-electron chi connectivity index (χ3n) is 5.24. The maximum absolute atomic E-state index is 12.7. The molecule has 2 N–H and O–H groups in total. The Bertz CT molecular complexity index is 954. The van der Waals surface area contributed by atoms with Crippen molar-refractivity contribution in [1.82, 2.24) is 0 Å². The van der Waals surface area contributed by atoms with Crippen molar-refractivity contribution in [1.29, 1.82) is 0 Å². The number of unbranched alkanes of at least 4 members (excludes halogenated alkanes) is 1. The number of carbonyl (C=O) groups is 2. The lowest BCUT2D eigenvalue weighted by molar-refractivity contribution is 0.0496. The number of hydrogen-bond donors (Lipinski definition) is 2. The van der Waals surface area contributed by atoms with Crippen molar-refractivity contribution in [2.75, 3.05) is 23.8 Å². The number of benzene rings is 1. The fourth-order valence-electron chi connectivity index (χ4n) is 3.60. The highest BCUT2D eigenvalue weighted by Crippen LogP contribution is 2.38. The van der Waals surface area contributed by atoms with E-state index in [0.29, 0.717) is 29.5 Å². The molecule has 172 valence electrons. The highest BCUT2D eigenvalue weighted by Gasteiger charge is 2.26. The van der Waals surface area contributed by atoms with E-state index in [4.69, 9.17) is 21.7 Å². The van der Waals surface area contributed by atoms with Crippen molar-refractivity contribution < 1.29 is 19.1 Å². The summed E-state index contributed by atoms with van der Waals surface area (Å²) in [6.45, 7) is 4.62. The lowest BCUT2D eigenvalue weighted by Crippen LogP contribution is -2.20. The minimum absolute atomic E-state index is 0.303. The SMILES string of the molecule is CCCCOC(=O)c1ccc(NC(=S)Nc2sc3c(c2C(=O)OCC)CCCCC3)cc1. The minimum Gasteiger partial charge on any atom is -0.462 e. The van der Waals surface area contributed by atoms with Gasteiger partial charge in [-0.05, 0) is 81.1 Å². The molecule has 1 aliphatic rings. The van der Waals surface area contributed by atoms with Crippen LogP contribution >= 0.6 is 23.6 Å². The monoisotopic (exact) mass is 474 g/mol. The maximum Gasteiger partial charge on any atom is 0.341 e. The van der Waals surface area contributed by atoms with Crippen LogP contribution in [-0.2, 0) is 22.3 Å². The predicted octanol–water partition coefficient (Wildman–Crippen LogP) is 5.96. The Hall–Kier alpha value is -2.45. The average molecular weight is 475 g/mol. The van der Waals surface area contributed by atoms with Gasteiger partial charge in [0.15, 0.2) is 5.11 Å². The summed E-state index contributed by atoms with van der Waals surface area (Å²) >= 11 is 7.08. The summed E-state index contributed by atoms with van der Waals surface area (Å²) in [6.07, 6.45) is 7.07. The number of fused-ring (bicyclic) bond motifs is 1. The van der Waals surface area contributed by atoms with Crippen molar-refractivity contribution in [3.8, 4) is 0 Å². The number of rotatable bonds is 8. The van der Waals surface area contributed by atoms with Crippen LogP contribution in [0, 0.1) is 0 Å². The second-order valence-corrected chi connectivity index (χ2v) is 9.15. The molecule has 0 radical (unpaired) electrons. The van der Waals surface area contributed by atoms with Gasteiger partial charge in [-0.3, -0.25) is 0 Å². The van der Waals surface area contributed by atoms with Gasteiger partial charge in [-0.1, -0.05) is 19.8 Å². The molecule has 8 heteroatoms. The number of ether oxygens (including phenoxy) is 2. The van der Waals surface area contributed by atoms with E-state index in [-0.39, 0.29) is 11.9 Å². The quantitative estimate of drug-likeness (QED) is 0.212. The van der Waals surface area contributed by atoms with Crippen molar-refractivity contribution in [2.45, 2.75) is 58.8 Å². The van der Waals surface area contributed by atoms with Gasteiger partial charge in [-0.2, -0.15) is 0 Å². The zero-order valence-electron chi connectivity index (χ0n) is 18.6. The van der Waals surface area contributed by atoms with E-state index in [9.17, 15) is 9.59 Å². The number of esters is 2. The van der Waals surface area contributed by atoms with E-state index in [1.807, 2.05) is 13.8 Å². The molecule has 0 spiro atoms. The Balaban J connectivity index is 1.68. The normalized spacial score (nSPS) is 12.9. The molecule has 0 bridgehead atoms. The molecule has 0 saturated heterocycles. The Kier molecular flexibility index (Phi) is 9.05. The van der Waals surface area contributed by atoms with E-state index in [1.165, 1.54) is 11.3 Å². The zero-order chi connectivity index (χ0) is 22.9. The van der Waals surface area contributed by atoms with Gasteiger partial charge < -0.3 is 20.1 Å². The van der Waals surface area contributed by atoms with Crippen molar-refractivity contribution >= 4 is 51.3 Å². The molecule has 0 fully saturated rings. The first-order valence-corrected chi connectivity index (χ1v) is 12.4. The van der Waals surface area contributed by atoms with E-state index in [1.54, 1.807) is 35.6 Å². The molecular formula is C24H30N2O4S2. The number of hydrogen-bond acceptors (Lipinski definition) is 6. The van der Waals surface area contributed by atoms with Gasteiger partial charge in [-0.25, -0.2) is 9.59 Å². The molecule has 2 aromatic rings. The third kappa shape index (κ3) is 6.29. The summed E-state index contributed by atoms with van der Waals surface area (Å²) in [5, 5.41) is 7.42. The minimum atomic E-state index is -0.329. The van der Waals surface area contributed by atoms with Crippen LogP contribution in [0.1, 0.15) is 77.1 Å². The van der Waals surface area contributed by atoms with Crippen LogP contribution in [0.15, 0.2) is 24.3 Å². The lowest BCUT2D eigenvalue weighted by atomic mass is 10.1. The molecule has 1 heterocycles. The predicted molar refractivity (Wildman–Crippen MR) is 133 cm³/mol. The highest BCUT2D eigenvalue weighted by atomic mass is 32.1. The van der Waals surface area contributed by atoms with Crippen molar-refractivity contribution in [3.63, 3.8) is 0 Å². The zero-order valence-corrected chi connectivity index (χ0v) is 20.3. The fraction of sp³-hybridized carbons (Fsp3) is 0.458. The molecule has 6 nitrogen and oxygen atoms in total. The number of anilines is 2. The Morgan fingerprint density at radius 3 is 2.47 bits per heavy atom. The topological polar surface area (TPSA) is 76.7 Å². The van der Waals surface area contributed by atoms with Crippen LogP contribution in [-0.4, -0.2) is 30.3 Å². The summed E-state index contributed by atoms with van der Waals surface area (Å²) in [5.41, 5.74) is 2.95. The van der Waals surface area contributed by atoms with Gasteiger partial charge in [0.25, 0.3) is 0 Å². The summed E-state index contributed by atoms with van der Waals surface area (Å²) in [6, 6.07) is 6.97. The van der Waals surface area contributed by atoms with Gasteiger partial charge in [-0.15, -0.1) is 11.3 Å². The van der Waals surface area contributed by atoms with Crippen LogP contribution in [0.5, 0.6) is 0 Å². The average Bonchev–Trinajstić information content (AvgIpc) is 2.94. The molecule has 1 aromatic carbocycles. The first kappa shape index (κ1) is 24.2. The van der Waals surface area contributed by atoms with E-state index in [2.05, 4.69) is 10.6 Å². The number of carbonyl (C=O) groups excluding carboxylic acids is 2. The van der Waals surface area contributed by atoms with Crippen molar-refractivity contribution in [3.05, 3.63) is 45.8 Å². The Morgan fingerprint density at radius 2 is 1.75 bits per heavy atom. The smallest absolute Gasteiger partial charge is 0.341 e. The molecule has 0 amide bonds. The van der Waals surface area contributed by atoms with Gasteiger partial charge in [0.05, 0.1) is 24.3 Å². The first-order valence-electron chi connectivity index (χ1n) is 11.2. The summed E-state index contributed by atoms with van der Waals surface area (Å²) in [4.78, 5) is 26.0. The standard InChI is InChI=1S/C24H30N2O4S2/c1-3-5-15-30-22(27)16-11-13-17(14-12-16)25-24(31)26-21-20(23(28)29-4-2)18-9-7-6-8-10-19(18)32-21/h11-14H,3-10,15H2,1-2H3,(H2,25,26,31). The van der Waals surface area contributed by atoms with Crippen LogP contribution in [0.2, 0.25) is 0 Å². The molecule has 1 aliphatic carbocycles. The summed E-state index contributed by atoms with van der Waals surface area (Å²) in [7, 11) is 0. The molecule has 3 rings (SSSR count). The molecule has 32 heavy (non-hydrogen) atoms. The number of thiophene rings is 1. The van der Waals surface area contributed by atoms with Crippen LogP contribution in [0.4, 0.5) is 10.7 Å². The Labute approximate surface area is 198 Å². The van der Waals surface area contributed by atoms with Gasteiger partial charge in [0.1, 0.15) is 5.00 Å². The summed E-state index contributed by atoms with van der Waals surface area (Å²) in [5.74, 6) is -0.631. The van der Waals surface area contributed by atoms with Crippen LogP contribution < -0.4 is 10.6 Å². The van der Waals surface area contributed by atoms with Gasteiger partial charge >= 0.3 is 11.9 Å². The Morgan fingerprint density at radius 1 is 1.00 bits per heavy atom.